The van der Waals surface area contributed by atoms with Crippen LogP contribution in [0, 0.1) is 0 Å². The van der Waals surface area contributed by atoms with Gasteiger partial charge in [-0.1, -0.05) is 24.3 Å². The summed E-state index contributed by atoms with van der Waals surface area (Å²) in [5.41, 5.74) is 5.13. The topological polar surface area (TPSA) is 79.4 Å². The van der Waals surface area contributed by atoms with Gasteiger partial charge in [-0.25, -0.2) is 5.48 Å². The highest BCUT2D eigenvalue weighted by Gasteiger charge is 2.33. The number of nitrogens with one attached hydrogen (secondary N) is 1. The van der Waals surface area contributed by atoms with Crippen molar-refractivity contribution in [3.05, 3.63) is 70.8 Å². The first-order chi connectivity index (χ1) is 16.8. The van der Waals surface area contributed by atoms with Crippen molar-refractivity contribution >= 4 is 11.8 Å². The molecular weight excluding hydrogens is 442 g/mol. The zero-order chi connectivity index (χ0) is 24.9. The fourth-order valence-corrected chi connectivity index (χ4v) is 5.26. The van der Waals surface area contributed by atoms with Crippen LogP contribution in [0.25, 0.3) is 0 Å². The van der Waals surface area contributed by atoms with Gasteiger partial charge in [0.15, 0.2) is 0 Å². The molecule has 2 aromatic rings. The number of rotatable bonds is 6. The fraction of sp³-hybridized carbons (Fsp3) is 0.481. The van der Waals surface area contributed by atoms with Gasteiger partial charge in [0.05, 0.1) is 0 Å². The van der Waals surface area contributed by atoms with Crippen molar-refractivity contribution in [1.82, 2.24) is 25.1 Å². The molecule has 2 N–H and O–H groups in total. The highest BCUT2D eigenvalue weighted by molar-refractivity contribution is 5.95. The first-order valence-electron chi connectivity index (χ1n) is 12.4. The van der Waals surface area contributed by atoms with E-state index in [1.54, 1.807) is 17.6 Å². The minimum atomic E-state index is -0.515. The maximum absolute atomic E-state index is 13.5. The molecule has 2 aliphatic rings. The number of hydroxylamine groups is 1. The average Bonchev–Trinajstić information content (AvgIpc) is 2.85. The second-order valence-electron chi connectivity index (χ2n) is 10.0. The van der Waals surface area contributed by atoms with Crippen LogP contribution in [0.15, 0.2) is 48.5 Å². The van der Waals surface area contributed by atoms with E-state index in [1.165, 1.54) is 5.56 Å². The number of hydrogen-bond acceptors (Lipinski definition) is 6. The van der Waals surface area contributed by atoms with Crippen molar-refractivity contribution in [2.75, 3.05) is 46.3 Å². The predicted octanol–water partition coefficient (Wildman–Crippen LogP) is 2.29. The average molecular weight is 480 g/mol. The maximum Gasteiger partial charge on any atom is 0.274 e. The number of hydrogen-bond donors (Lipinski definition) is 2. The lowest BCUT2D eigenvalue weighted by molar-refractivity contribution is 0.0268. The smallest absolute Gasteiger partial charge is 0.274 e. The molecule has 2 aliphatic heterocycles. The highest BCUT2D eigenvalue weighted by Crippen LogP contribution is 2.22. The molecule has 8 nitrogen and oxygen atoms in total. The lowest BCUT2D eigenvalue weighted by atomic mass is 10.0. The number of piperazine rings is 2. The second-order valence-corrected chi connectivity index (χ2v) is 10.0. The van der Waals surface area contributed by atoms with Gasteiger partial charge in [-0.15, -0.1) is 0 Å². The molecule has 35 heavy (non-hydrogen) atoms. The summed E-state index contributed by atoms with van der Waals surface area (Å²) >= 11 is 0. The molecular formula is C27H37N5O3. The summed E-state index contributed by atoms with van der Waals surface area (Å²) < 4.78 is 0. The summed E-state index contributed by atoms with van der Waals surface area (Å²) in [6.45, 7) is 11.7. The third-order valence-electron chi connectivity index (χ3n) is 7.13. The molecule has 0 bridgehead atoms. The monoisotopic (exact) mass is 479 g/mol. The largest absolute Gasteiger partial charge is 0.331 e. The van der Waals surface area contributed by atoms with E-state index in [1.807, 2.05) is 29.2 Å². The first kappa shape index (κ1) is 25.3. The number of likely N-dealkylation sites (N-methyl/N-ethyl adjacent to an activating group) is 1. The SMILES string of the molecule is C[C@@H]1CN(Cc2ccc(C(=O)NO)cc2)C[C@H](C)N1C(=O)c1cccc(CN2CCN(C)CC2)c1. The standard InChI is InChI=1S/C27H37N5O3/c1-20-16-31(18-22-7-9-24(10-8-22)26(33)28-35)17-21(2)32(20)27(34)25-6-4-5-23(15-25)19-30-13-11-29(3)12-14-30/h4-10,15,20-21,35H,11-14,16-19H2,1-3H3,(H,28,33)/t20-,21+. The molecule has 2 atom stereocenters. The van der Waals surface area contributed by atoms with E-state index >= 15 is 0 Å². The highest BCUT2D eigenvalue weighted by atomic mass is 16.5. The summed E-state index contributed by atoms with van der Waals surface area (Å²) in [7, 11) is 2.16. The predicted molar refractivity (Wildman–Crippen MR) is 135 cm³/mol. The normalized spacial score (nSPS) is 22.2. The Kier molecular flexibility index (Phi) is 8.18. The first-order valence-corrected chi connectivity index (χ1v) is 12.4. The Bertz CT molecular complexity index is 1010. The lowest BCUT2D eigenvalue weighted by Gasteiger charge is -2.44. The van der Waals surface area contributed by atoms with Crippen LogP contribution in [0.2, 0.25) is 0 Å². The Morgan fingerprint density at radius 3 is 2.11 bits per heavy atom. The summed E-state index contributed by atoms with van der Waals surface area (Å²) in [5, 5.41) is 8.78. The molecule has 188 valence electrons. The Labute approximate surface area is 208 Å². The fourth-order valence-electron chi connectivity index (χ4n) is 5.26. The van der Waals surface area contributed by atoms with Crippen LogP contribution in [0.3, 0.4) is 0 Å². The Morgan fingerprint density at radius 1 is 0.857 bits per heavy atom. The van der Waals surface area contributed by atoms with Crippen molar-refractivity contribution in [3.63, 3.8) is 0 Å². The van der Waals surface area contributed by atoms with Crippen LogP contribution >= 0.6 is 0 Å². The molecule has 0 unspecified atom stereocenters. The van der Waals surface area contributed by atoms with Gasteiger partial charge in [-0.05, 0) is 56.3 Å². The van der Waals surface area contributed by atoms with Gasteiger partial charge >= 0.3 is 0 Å². The van der Waals surface area contributed by atoms with Crippen LogP contribution in [0.1, 0.15) is 45.7 Å². The third kappa shape index (κ3) is 6.27. The van der Waals surface area contributed by atoms with Crippen molar-refractivity contribution in [3.8, 4) is 0 Å². The molecule has 2 fully saturated rings. The van der Waals surface area contributed by atoms with Gasteiger partial charge in [0.2, 0.25) is 0 Å². The van der Waals surface area contributed by atoms with Gasteiger partial charge in [-0.3, -0.25) is 24.6 Å². The van der Waals surface area contributed by atoms with Gasteiger partial charge in [0.25, 0.3) is 11.8 Å². The Morgan fingerprint density at radius 2 is 1.49 bits per heavy atom. The minimum Gasteiger partial charge on any atom is -0.331 e. The van der Waals surface area contributed by atoms with Crippen LogP contribution in [-0.4, -0.2) is 95.0 Å². The molecule has 0 spiro atoms. The molecule has 0 radical (unpaired) electrons. The van der Waals surface area contributed by atoms with Gasteiger partial charge in [0.1, 0.15) is 0 Å². The molecule has 2 aromatic carbocycles. The van der Waals surface area contributed by atoms with Crippen LogP contribution in [0.5, 0.6) is 0 Å². The summed E-state index contributed by atoms with van der Waals surface area (Å²) in [6, 6.07) is 15.5. The van der Waals surface area contributed by atoms with Crippen LogP contribution in [0.4, 0.5) is 0 Å². The van der Waals surface area contributed by atoms with Crippen molar-refractivity contribution in [1.29, 1.82) is 0 Å². The Hall–Kier alpha value is -2.78. The molecule has 8 heteroatoms. The number of amides is 2. The van der Waals surface area contributed by atoms with Gasteiger partial charge < -0.3 is 9.80 Å². The van der Waals surface area contributed by atoms with E-state index in [9.17, 15) is 9.59 Å². The van der Waals surface area contributed by atoms with Crippen molar-refractivity contribution in [2.45, 2.75) is 39.0 Å². The van der Waals surface area contributed by atoms with Gasteiger partial charge in [0, 0.05) is 75.6 Å². The molecule has 4 rings (SSSR count). The van der Waals surface area contributed by atoms with E-state index in [-0.39, 0.29) is 18.0 Å². The molecule has 0 saturated carbocycles. The number of carbonyl (C=O) groups is 2. The summed E-state index contributed by atoms with van der Waals surface area (Å²) in [6.07, 6.45) is 0. The van der Waals surface area contributed by atoms with Crippen LogP contribution in [-0.2, 0) is 13.1 Å². The molecule has 2 heterocycles. The third-order valence-corrected chi connectivity index (χ3v) is 7.13. The van der Waals surface area contributed by atoms with E-state index in [0.717, 1.165) is 63.5 Å². The minimum absolute atomic E-state index is 0.0898. The molecule has 2 amide bonds. The molecule has 0 aromatic heterocycles. The maximum atomic E-state index is 13.5. The van der Waals surface area contributed by atoms with Crippen molar-refractivity contribution in [2.24, 2.45) is 0 Å². The summed E-state index contributed by atoms with van der Waals surface area (Å²) in [4.78, 5) is 34.3. The van der Waals surface area contributed by atoms with Gasteiger partial charge in [-0.2, -0.15) is 0 Å². The quantitative estimate of drug-likeness (QED) is 0.489. The Balaban J connectivity index is 1.37. The summed E-state index contributed by atoms with van der Waals surface area (Å²) in [5.74, 6) is -0.414. The zero-order valence-corrected chi connectivity index (χ0v) is 21.0. The number of benzene rings is 2. The number of carbonyl (C=O) groups excluding carboxylic acids is 2. The van der Waals surface area contributed by atoms with Crippen LogP contribution < -0.4 is 5.48 Å². The number of nitrogens with zero attached hydrogens (tertiary/aromatic N) is 4. The van der Waals surface area contributed by atoms with E-state index in [0.29, 0.717) is 5.56 Å². The van der Waals surface area contributed by atoms with E-state index < -0.39 is 5.91 Å². The van der Waals surface area contributed by atoms with E-state index in [4.69, 9.17) is 5.21 Å². The van der Waals surface area contributed by atoms with Crippen molar-refractivity contribution < 1.29 is 14.8 Å². The molecule has 0 aliphatic carbocycles. The zero-order valence-electron chi connectivity index (χ0n) is 21.0. The molecule has 2 saturated heterocycles. The van der Waals surface area contributed by atoms with E-state index in [2.05, 4.69) is 47.7 Å². The second kappa shape index (κ2) is 11.3. The lowest BCUT2D eigenvalue weighted by Crippen LogP contribution is -2.58.